The lowest BCUT2D eigenvalue weighted by molar-refractivity contribution is -0.200. The molecule has 0 aliphatic rings. The van der Waals surface area contributed by atoms with Gasteiger partial charge in [0, 0.05) is 53.9 Å². The summed E-state index contributed by atoms with van der Waals surface area (Å²) in [7, 11) is 7.08. The molecule has 0 heterocycles. The smallest absolute Gasteiger partial charge is 0.303 e. The van der Waals surface area contributed by atoms with E-state index in [-0.39, 0.29) is 13.1 Å². The quantitative estimate of drug-likeness (QED) is 0.182. The Morgan fingerprint density at radius 1 is 0.556 bits per heavy atom. The Morgan fingerprint density at radius 3 is 1.06 bits per heavy atom. The Bertz CT molecular complexity index is 723. The maximum Gasteiger partial charge on any atom is 0.303 e. The Balaban J connectivity index is 6.44. The van der Waals surface area contributed by atoms with E-state index in [0.29, 0.717) is 13.1 Å². The lowest BCUT2D eigenvalue weighted by Gasteiger charge is -2.34. The van der Waals surface area contributed by atoms with Crippen LogP contribution in [0.4, 0.5) is 0 Å². The van der Waals surface area contributed by atoms with Crippen LogP contribution < -0.4 is 10.6 Å². The predicted octanol–water partition coefficient (Wildman–Crippen LogP) is -1.93. The number of esters is 4. The van der Waals surface area contributed by atoms with Gasteiger partial charge >= 0.3 is 23.9 Å². The third-order valence-electron chi connectivity index (χ3n) is 4.34. The molecule has 0 aromatic heterocycles. The summed E-state index contributed by atoms with van der Waals surface area (Å²) in [5.74, 6) is -5.48. The molecule has 0 rings (SSSR count). The fourth-order valence-corrected chi connectivity index (χ4v) is 2.89. The van der Waals surface area contributed by atoms with Gasteiger partial charge in [-0.2, -0.15) is 0 Å². The van der Waals surface area contributed by atoms with Gasteiger partial charge in [0.2, 0.25) is 12.2 Å². The SMILES string of the molecule is CC(=O)O[C@H]([C@H](OC(C)=O)[C@@H](OC(C)=O)C(=O)NCCN(C)C)[C@H](OC(C)=O)C(=O)NCCN(C)C. The Morgan fingerprint density at radius 2 is 0.833 bits per heavy atom. The van der Waals surface area contributed by atoms with Gasteiger partial charge in [-0.05, 0) is 28.2 Å². The van der Waals surface area contributed by atoms with Crippen molar-refractivity contribution in [2.45, 2.75) is 52.1 Å². The van der Waals surface area contributed by atoms with Crippen molar-refractivity contribution in [1.82, 2.24) is 20.4 Å². The van der Waals surface area contributed by atoms with Crippen LogP contribution >= 0.6 is 0 Å². The molecule has 2 amide bonds. The Hall–Kier alpha value is -3.26. The monoisotopic (exact) mass is 518 g/mol. The molecule has 0 aliphatic heterocycles. The maximum atomic E-state index is 13.0. The normalized spacial score (nSPS) is 14.2. The zero-order valence-corrected chi connectivity index (χ0v) is 22.1. The van der Waals surface area contributed by atoms with Crippen LogP contribution in [0.5, 0.6) is 0 Å². The number of nitrogens with one attached hydrogen (secondary N) is 2. The molecule has 2 N–H and O–H groups in total. The van der Waals surface area contributed by atoms with Crippen LogP contribution in [0.1, 0.15) is 27.7 Å². The van der Waals surface area contributed by atoms with Crippen molar-refractivity contribution in [3.63, 3.8) is 0 Å². The van der Waals surface area contributed by atoms with Crippen LogP contribution in [0.25, 0.3) is 0 Å². The molecule has 0 unspecified atom stereocenters. The highest BCUT2D eigenvalue weighted by Crippen LogP contribution is 2.20. The van der Waals surface area contributed by atoms with Crippen LogP contribution in [0.3, 0.4) is 0 Å². The molecule has 14 nitrogen and oxygen atoms in total. The maximum absolute atomic E-state index is 13.0. The fourth-order valence-electron chi connectivity index (χ4n) is 2.89. The van der Waals surface area contributed by atoms with E-state index in [0.717, 1.165) is 27.7 Å². The first kappa shape index (κ1) is 32.7. The average Bonchev–Trinajstić information content (AvgIpc) is 2.71. The van der Waals surface area contributed by atoms with Gasteiger partial charge in [-0.1, -0.05) is 0 Å². The molecule has 0 aliphatic carbocycles. The molecular weight excluding hydrogens is 480 g/mol. The van der Waals surface area contributed by atoms with E-state index < -0.39 is 60.1 Å². The number of hydrogen-bond acceptors (Lipinski definition) is 12. The summed E-state index contributed by atoms with van der Waals surface area (Å²) in [6.45, 7) is 5.16. The fraction of sp³-hybridized carbons (Fsp3) is 0.727. The topological polar surface area (TPSA) is 170 Å². The van der Waals surface area contributed by atoms with Crippen LogP contribution in [0.15, 0.2) is 0 Å². The van der Waals surface area contributed by atoms with Gasteiger partial charge in [0.25, 0.3) is 11.8 Å². The summed E-state index contributed by atoms with van der Waals surface area (Å²) < 4.78 is 20.7. The number of carbonyl (C=O) groups excluding carboxylic acids is 6. The van der Waals surface area contributed by atoms with E-state index in [9.17, 15) is 28.8 Å². The van der Waals surface area contributed by atoms with Crippen molar-refractivity contribution in [1.29, 1.82) is 0 Å². The van der Waals surface area contributed by atoms with Crippen molar-refractivity contribution in [2.75, 3.05) is 54.4 Å². The summed E-state index contributed by atoms with van der Waals surface area (Å²) in [5, 5.41) is 5.07. The van der Waals surface area contributed by atoms with Gasteiger partial charge < -0.3 is 39.4 Å². The molecule has 4 atom stereocenters. The molecule has 0 saturated carbocycles. The van der Waals surface area contributed by atoms with Gasteiger partial charge in [-0.3, -0.25) is 28.8 Å². The summed E-state index contributed by atoms with van der Waals surface area (Å²) in [5.41, 5.74) is 0. The molecule has 36 heavy (non-hydrogen) atoms. The standard InChI is InChI=1S/C22H38N4O10/c1-13(27)33-17(19(35-15(3)29)21(31)23-9-11-25(5)6)18(34-14(2)28)20(36-16(4)30)22(32)24-10-12-26(7)8/h17-20H,9-12H2,1-8H3,(H,23,31)(H,24,32)/t17-,18+,19+,20-. The first-order valence-corrected chi connectivity index (χ1v) is 11.2. The average molecular weight is 519 g/mol. The van der Waals surface area contributed by atoms with Crippen LogP contribution in [-0.2, 0) is 47.7 Å². The zero-order valence-electron chi connectivity index (χ0n) is 22.1. The molecule has 0 bridgehead atoms. The van der Waals surface area contributed by atoms with E-state index in [1.54, 1.807) is 38.0 Å². The van der Waals surface area contributed by atoms with Gasteiger partial charge in [0.15, 0.2) is 12.2 Å². The van der Waals surface area contributed by atoms with E-state index in [1.807, 2.05) is 0 Å². The van der Waals surface area contributed by atoms with Crippen molar-refractivity contribution >= 4 is 35.7 Å². The number of carbonyl (C=O) groups is 6. The number of amides is 2. The van der Waals surface area contributed by atoms with Crippen LogP contribution in [-0.4, -0.2) is 124 Å². The molecule has 0 saturated heterocycles. The van der Waals surface area contributed by atoms with Gasteiger partial charge in [0.05, 0.1) is 0 Å². The van der Waals surface area contributed by atoms with Crippen LogP contribution in [0, 0.1) is 0 Å². The van der Waals surface area contributed by atoms with Crippen molar-refractivity contribution in [3.05, 3.63) is 0 Å². The lowest BCUT2D eigenvalue weighted by Crippen LogP contribution is -2.59. The summed E-state index contributed by atoms with van der Waals surface area (Å²) in [4.78, 5) is 77.1. The van der Waals surface area contributed by atoms with Crippen molar-refractivity contribution in [2.24, 2.45) is 0 Å². The van der Waals surface area contributed by atoms with Crippen LogP contribution in [0.2, 0.25) is 0 Å². The summed E-state index contributed by atoms with van der Waals surface area (Å²) >= 11 is 0. The molecule has 206 valence electrons. The summed E-state index contributed by atoms with van der Waals surface area (Å²) in [6.07, 6.45) is -7.35. The van der Waals surface area contributed by atoms with E-state index in [4.69, 9.17) is 18.9 Å². The highest BCUT2D eigenvalue weighted by atomic mass is 16.6. The number of likely N-dealkylation sites (N-methyl/N-ethyl adjacent to an activating group) is 2. The minimum Gasteiger partial charge on any atom is -0.454 e. The molecule has 14 heteroatoms. The second kappa shape index (κ2) is 16.4. The van der Waals surface area contributed by atoms with Gasteiger partial charge in [0.1, 0.15) is 0 Å². The zero-order chi connectivity index (χ0) is 28.0. The van der Waals surface area contributed by atoms with E-state index in [1.165, 1.54) is 0 Å². The predicted molar refractivity (Wildman–Crippen MR) is 125 cm³/mol. The van der Waals surface area contributed by atoms with Gasteiger partial charge in [-0.15, -0.1) is 0 Å². The first-order valence-electron chi connectivity index (χ1n) is 11.2. The van der Waals surface area contributed by atoms with E-state index in [2.05, 4.69) is 10.6 Å². The molecule has 0 radical (unpaired) electrons. The number of nitrogens with zero attached hydrogens (tertiary/aromatic N) is 2. The number of rotatable bonds is 15. The highest BCUT2D eigenvalue weighted by molar-refractivity contribution is 5.87. The molecule has 0 aromatic carbocycles. The third kappa shape index (κ3) is 13.6. The third-order valence-corrected chi connectivity index (χ3v) is 4.34. The molecular formula is C22H38N4O10. The number of hydrogen-bond donors (Lipinski definition) is 2. The first-order chi connectivity index (χ1) is 16.6. The largest absolute Gasteiger partial charge is 0.454 e. The van der Waals surface area contributed by atoms with Crippen molar-refractivity contribution < 1.29 is 47.7 Å². The second-order valence-electron chi connectivity index (χ2n) is 8.40. The van der Waals surface area contributed by atoms with Gasteiger partial charge in [-0.25, -0.2) is 0 Å². The molecule has 0 fully saturated rings. The molecule has 0 spiro atoms. The Labute approximate surface area is 210 Å². The van der Waals surface area contributed by atoms with E-state index >= 15 is 0 Å². The Kier molecular flexibility index (Phi) is 14.9. The van der Waals surface area contributed by atoms with Crippen molar-refractivity contribution in [3.8, 4) is 0 Å². The minimum absolute atomic E-state index is 0.132. The lowest BCUT2D eigenvalue weighted by atomic mass is 10.00. The molecule has 0 aromatic rings. The second-order valence-corrected chi connectivity index (χ2v) is 8.40. The summed E-state index contributed by atoms with van der Waals surface area (Å²) in [6, 6.07) is 0. The highest BCUT2D eigenvalue weighted by Gasteiger charge is 2.48. The number of ether oxygens (including phenoxy) is 4. The minimum atomic E-state index is -1.84.